The van der Waals surface area contributed by atoms with Crippen molar-refractivity contribution in [1.82, 2.24) is 4.31 Å². The van der Waals surface area contributed by atoms with Crippen LogP contribution in [0.15, 0.2) is 53.4 Å². The highest BCUT2D eigenvalue weighted by atomic mass is 32.2. The van der Waals surface area contributed by atoms with Crippen molar-refractivity contribution in [2.24, 2.45) is 5.92 Å². The Bertz CT molecular complexity index is 1010. The van der Waals surface area contributed by atoms with Crippen molar-refractivity contribution in [3.8, 4) is 0 Å². The van der Waals surface area contributed by atoms with Gasteiger partial charge in [0.25, 0.3) is 5.91 Å². The van der Waals surface area contributed by atoms with Crippen LogP contribution in [0.4, 0.5) is 11.4 Å². The van der Waals surface area contributed by atoms with Crippen LogP contribution in [0.2, 0.25) is 0 Å². The van der Waals surface area contributed by atoms with Crippen LogP contribution in [0.5, 0.6) is 0 Å². The summed E-state index contributed by atoms with van der Waals surface area (Å²) in [5.74, 6) is -0.272. The lowest BCUT2D eigenvalue weighted by Gasteiger charge is -2.21. The van der Waals surface area contributed by atoms with Crippen LogP contribution >= 0.6 is 0 Å². The zero-order valence-electron chi connectivity index (χ0n) is 16.7. The summed E-state index contributed by atoms with van der Waals surface area (Å²) >= 11 is 0. The number of carbonyl (C=O) groups is 2. The Morgan fingerprint density at radius 1 is 1.00 bits per heavy atom. The molecule has 0 aromatic heterocycles. The van der Waals surface area contributed by atoms with Gasteiger partial charge in [-0.25, -0.2) is 8.42 Å². The summed E-state index contributed by atoms with van der Waals surface area (Å²) in [6.07, 6.45) is 1.84. The molecule has 1 aliphatic rings. The fourth-order valence-electron chi connectivity index (χ4n) is 2.69. The number of carbonyl (C=O) groups excluding carboxylic acids is 2. The Balaban J connectivity index is 1.69. The second-order valence-electron chi connectivity index (χ2n) is 7.44. The Kier molecular flexibility index (Phi) is 6.04. The third-order valence-corrected chi connectivity index (χ3v) is 6.90. The third kappa shape index (κ3) is 5.02. The molecule has 0 aliphatic heterocycles. The number of hydrogen-bond donors (Lipinski definition) is 2. The largest absolute Gasteiger partial charge is 0.326 e. The highest BCUT2D eigenvalue weighted by Crippen LogP contribution is 2.30. The topological polar surface area (TPSA) is 95.6 Å². The molecule has 0 saturated heterocycles. The van der Waals surface area contributed by atoms with Crippen LogP contribution < -0.4 is 10.6 Å². The number of nitrogens with one attached hydrogen (secondary N) is 2. The molecule has 0 unspecified atom stereocenters. The van der Waals surface area contributed by atoms with Crippen molar-refractivity contribution in [3.63, 3.8) is 0 Å². The predicted molar refractivity (Wildman–Crippen MR) is 112 cm³/mol. The van der Waals surface area contributed by atoms with Crippen LogP contribution in [0.3, 0.4) is 0 Å². The van der Waals surface area contributed by atoms with E-state index in [0.29, 0.717) is 16.9 Å². The zero-order valence-corrected chi connectivity index (χ0v) is 17.5. The molecular formula is C21H25N3O4S. The molecule has 154 valence electrons. The average Bonchev–Trinajstić information content (AvgIpc) is 3.53. The molecule has 29 heavy (non-hydrogen) atoms. The van der Waals surface area contributed by atoms with Gasteiger partial charge in [-0.15, -0.1) is 0 Å². The van der Waals surface area contributed by atoms with Gasteiger partial charge in [0.05, 0.1) is 4.90 Å². The minimum Gasteiger partial charge on any atom is -0.326 e. The summed E-state index contributed by atoms with van der Waals surface area (Å²) in [6.45, 7) is 3.58. The predicted octanol–water partition coefficient (Wildman–Crippen LogP) is 3.32. The minimum atomic E-state index is -3.60. The first-order valence-electron chi connectivity index (χ1n) is 9.49. The first kappa shape index (κ1) is 21.0. The van der Waals surface area contributed by atoms with E-state index in [4.69, 9.17) is 0 Å². The smallest absolute Gasteiger partial charge is 0.255 e. The normalized spacial score (nSPS) is 14.1. The fraction of sp³-hybridized carbons (Fsp3) is 0.333. The molecule has 1 aliphatic carbocycles. The van der Waals surface area contributed by atoms with Gasteiger partial charge in [-0.1, -0.05) is 6.07 Å². The van der Waals surface area contributed by atoms with E-state index < -0.39 is 10.0 Å². The van der Waals surface area contributed by atoms with Gasteiger partial charge in [0.2, 0.25) is 15.9 Å². The molecule has 0 bridgehead atoms. The third-order valence-electron chi connectivity index (χ3n) is 4.86. The fourth-order valence-corrected chi connectivity index (χ4v) is 4.06. The monoisotopic (exact) mass is 415 g/mol. The Morgan fingerprint density at radius 2 is 1.59 bits per heavy atom. The lowest BCUT2D eigenvalue weighted by molar-refractivity contribution is -0.117. The first-order chi connectivity index (χ1) is 13.7. The molecular weight excluding hydrogens is 390 g/mol. The van der Waals surface area contributed by atoms with E-state index in [2.05, 4.69) is 10.6 Å². The van der Waals surface area contributed by atoms with Gasteiger partial charge in [0.1, 0.15) is 0 Å². The molecule has 2 aromatic rings. The van der Waals surface area contributed by atoms with Crippen molar-refractivity contribution in [2.45, 2.75) is 37.6 Å². The van der Waals surface area contributed by atoms with Crippen molar-refractivity contribution in [1.29, 1.82) is 0 Å². The molecule has 2 aromatic carbocycles. The summed E-state index contributed by atoms with van der Waals surface area (Å²) in [7, 11) is -2.07. The van der Waals surface area contributed by atoms with Crippen LogP contribution in [0.25, 0.3) is 0 Å². The second-order valence-corrected chi connectivity index (χ2v) is 9.44. The maximum atomic E-state index is 12.5. The van der Waals surface area contributed by atoms with E-state index in [1.807, 2.05) is 0 Å². The van der Waals surface area contributed by atoms with Gasteiger partial charge in [-0.2, -0.15) is 4.31 Å². The number of rotatable bonds is 7. The second kappa shape index (κ2) is 8.34. The number of nitrogens with zero attached hydrogens (tertiary/aromatic N) is 1. The Labute approximate surface area is 171 Å². The van der Waals surface area contributed by atoms with Crippen LogP contribution in [0, 0.1) is 5.92 Å². The lowest BCUT2D eigenvalue weighted by atomic mass is 10.2. The zero-order chi connectivity index (χ0) is 21.2. The quantitative estimate of drug-likeness (QED) is 0.725. The molecule has 0 radical (unpaired) electrons. The van der Waals surface area contributed by atoms with Gasteiger partial charge in [-0.05, 0) is 69.2 Å². The number of sulfonamides is 1. The van der Waals surface area contributed by atoms with Gasteiger partial charge < -0.3 is 10.6 Å². The van der Waals surface area contributed by atoms with Gasteiger partial charge in [-0.3, -0.25) is 9.59 Å². The molecule has 3 rings (SSSR count). The van der Waals surface area contributed by atoms with E-state index in [0.717, 1.165) is 12.8 Å². The van der Waals surface area contributed by atoms with E-state index in [9.17, 15) is 18.0 Å². The number of anilines is 2. The molecule has 1 saturated carbocycles. The standard InChI is InChI=1S/C21H25N3O4S/c1-14(2)24(3)29(27,28)19-11-9-16(10-12-19)21(26)23-18-6-4-5-17(13-18)22-20(25)15-7-8-15/h4-6,9-15H,7-8H2,1-3H3,(H,22,25)(H,23,26). The van der Waals surface area contributed by atoms with Crippen LogP contribution in [0.1, 0.15) is 37.0 Å². The Morgan fingerprint density at radius 3 is 2.14 bits per heavy atom. The van der Waals surface area contributed by atoms with E-state index in [1.54, 1.807) is 38.1 Å². The molecule has 0 spiro atoms. The number of hydrogen-bond acceptors (Lipinski definition) is 4. The summed E-state index contributed by atoms with van der Waals surface area (Å²) in [5.41, 5.74) is 1.50. The summed E-state index contributed by atoms with van der Waals surface area (Å²) in [4.78, 5) is 24.5. The summed E-state index contributed by atoms with van der Waals surface area (Å²) < 4.78 is 26.3. The van der Waals surface area contributed by atoms with Gasteiger partial charge in [0, 0.05) is 35.9 Å². The molecule has 1 fully saturated rings. The molecule has 8 heteroatoms. The van der Waals surface area contributed by atoms with Crippen molar-refractivity contribution in [3.05, 3.63) is 54.1 Å². The molecule has 2 N–H and O–H groups in total. The van der Waals surface area contributed by atoms with Crippen molar-refractivity contribution in [2.75, 3.05) is 17.7 Å². The number of benzene rings is 2. The molecule has 2 amide bonds. The Hall–Kier alpha value is -2.71. The average molecular weight is 416 g/mol. The maximum absolute atomic E-state index is 12.5. The highest BCUT2D eigenvalue weighted by molar-refractivity contribution is 7.89. The van der Waals surface area contributed by atoms with Crippen LogP contribution in [-0.4, -0.2) is 37.6 Å². The summed E-state index contributed by atoms with van der Waals surface area (Å²) in [6, 6.07) is 12.6. The highest BCUT2D eigenvalue weighted by Gasteiger charge is 2.29. The first-order valence-corrected chi connectivity index (χ1v) is 10.9. The van der Waals surface area contributed by atoms with Crippen LogP contribution in [-0.2, 0) is 14.8 Å². The van der Waals surface area contributed by atoms with Crippen molar-refractivity contribution < 1.29 is 18.0 Å². The molecule has 0 atom stereocenters. The number of amides is 2. The van der Waals surface area contributed by atoms with Crippen molar-refractivity contribution >= 4 is 33.2 Å². The minimum absolute atomic E-state index is 0.00311. The maximum Gasteiger partial charge on any atom is 0.255 e. The lowest BCUT2D eigenvalue weighted by Crippen LogP contribution is -2.33. The van der Waals surface area contributed by atoms with E-state index in [-0.39, 0.29) is 28.7 Å². The van der Waals surface area contributed by atoms with E-state index >= 15 is 0 Å². The van der Waals surface area contributed by atoms with Gasteiger partial charge in [0.15, 0.2) is 0 Å². The summed E-state index contributed by atoms with van der Waals surface area (Å²) in [5, 5.41) is 5.61. The van der Waals surface area contributed by atoms with E-state index in [1.165, 1.54) is 35.6 Å². The van der Waals surface area contributed by atoms with Gasteiger partial charge >= 0.3 is 0 Å². The molecule has 7 nitrogen and oxygen atoms in total. The SMILES string of the molecule is CC(C)N(C)S(=O)(=O)c1ccc(C(=O)Nc2cccc(NC(=O)C3CC3)c2)cc1. The molecule has 0 heterocycles.